The van der Waals surface area contributed by atoms with Crippen molar-refractivity contribution >= 4 is 17.7 Å². The van der Waals surface area contributed by atoms with Gasteiger partial charge in [-0.3, -0.25) is 9.78 Å². The van der Waals surface area contributed by atoms with Gasteiger partial charge in [-0.05, 0) is 49.3 Å². The molecule has 20 heavy (non-hydrogen) atoms. The quantitative estimate of drug-likeness (QED) is 0.720. The van der Waals surface area contributed by atoms with Gasteiger partial charge < -0.3 is 10.8 Å². The summed E-state index contributed by atoms with van der Waals surface area (Å²) in [5.41, 5.74) is 6.97. The molecule has 0 aliphatic heterocycles. The largest absolute Gasteiger partial charge is 0.480 e. The lowest BCUT2D eigenvalue weighted by Crippen LogP contribution is -2.35. The Balaban J connectivity index is 1.74. The van der Waals surface area contributed by atoms with E-state index in [1.54, 1.807) is 11.8 Å². The molecule has 4 nitrogen and oxygen atoms in total. The van der Waals surface area contributed by atoms with Gasteiger partial charge in [0.15, 0.2) is 0 Å². The highest BCUT2D eigenvalue weighted by atomic mass is 32.2. The smallest absolute Gasteiger partial charge is 0.320 e. The number of thioether (sulfide) groups is 1. The number of hydrogen-bond acceptors (Lipinski definition) is 4. The van der Waals surface area contributed by atoms with Crippen LogP contribution in [-0.4, -0.2) is 33.6 Å². The fourth-order valence-corrected chi connectivity index (χ4v) is 3.78. The van der Waals surface area contributed by atoms with Crippen molar-refractivity contribution in [3.63, 3.8) is 0 Å². The van der Waals surface area contributed by atoms with Crippen LogP contribution in [0.3, 0.4) is 0 Å². The summed E-state index contributed by atoms with van der Waals surface area (Å²) in [6.07, 6.45) is 7.26. The van der Waals surface area contributed by atoms with Crippen LogP contribution in [0.2, 0.25) is 0 Å². The summed E-state index contributed by atoms with van der Waals surface area (Å²) in [7, 11) is 0. The molecular weight excluding hydrogens is 272 g/mol. The van der Waals surface area contributed by atoms with Crippen LogP contribution < -0.4 is 5.73 Å². The van der Waals surface area contributed by atoms with Gasteiger partial charge in [-0.2, -0.15) is 11.8 Å². The van der Waals surface area contributed by atoms with E-state index >= 15 is 0 Å². The van der Waals surface area contributed by atoms with E-state index in [2.05, 4.69) is 17.1 Å². The van der Waals surface area contributed by atoms with E-state index in [0.29, 0.717) is 6.42 Å². The van der Waals surface area contributed by atoms with Crippen LogP contribution in [0.5, 0.6) is 0 Å². The number of hydrogen-bond donors (Lipinski definition) is 2. The van der Waals surface area contributed by atoms with E-state index in [1.165, 1.54) is 25.0 Å². The van der Waals surface area contributed by atoms with Crippen molar-refractivity contribution in [3.8, 4) is 0 Å². The molecule has 1 aliphatic rings. The minimum atomic E-state index is -0.908. The van der Waals surface area contributed by atoms with E-state index in [4.69, 9.17) is 10.8 Å². The number of carboxylic acid groups (broad SMARTS) is 1. The molecule has 1 unspecified atom stereocenters. The predicted molar refractivity (Wildman–Crippen MR) is 81.9 cm³/mol. The molecule has 1 aliphatic carbocycles. The van der Waals surface area contributed by atoms with Gasteiger partial charge in [0.2, 0.25) is 0 Å². The van der Waals surface area contributed by atoms with Crippen molar-refractivity contribution in [1.82, 2.24) is 4.98 Å². The normalized spacial score (nSPS) is 18.2. The topological polar surface area (TPSA) is 76.2 Å². The number of rotatable bonds is 8. The molecule has 3 N–H and O–H groups in total. The average Bonchev–Trinajstić information content (AvgIpc) is 2.41. The summed E-state index contributed by atoms with van der Waals surface area (Å²) in [6, 6.07) is 5.42. The molecule has 1 aromatic heterocycles. The van der Waals surface area contributed by atoms with Gasteiger partial charge in [-0.25, -0.2) is 0 Å². The Morgan fingerprint density at radius 3 is 2.80 bits per heavy atom. The first-order valence-corrected chi connectivity index (χ1v) is 8.27. The Hall–Kier alpha value is -1.07. The Labute approximate surface area is 124 Å². The molecule has 2 rings (SSSR count). The molecule has 0 bridgehead atoms. The van der Waals surface area contributed by atoms with Crippen molar-refractivity contribution in [1.29, 1.82) is 0 Å². The van der Waals surface area contributed by atoms with E-state index in [-0.39, 0.29) is 5.41 Å². The number of carbonyl (C=O) groups is 1. The van der Waals surface area contributed by atoms with Crippen molar-refractivity contribution in [2.45, 2.75) is 43.6 Å². The molecule has 5 heteroatoms. The third-order valence-corrected chi connectivity index (χ3v) is 5.15. The maximum absolute atomic E-state index is 10.6. The molecule has 0 radical (unpaired) electrons. The van der Waals surface area contributed by atoms with E-state index in [1.807, 2.05) is 12.3 Å². The maximum atomic E-state index is 10.6. The van der Waals surface area contributed by atoms with Gasteiger partial charge in [0.25, 0.3) is 0 Å². The summed E-state index contributed by atoms with van der Waals surface area (Å²) < 4.78 is 0. The SMILES string of the molecule is NC(CCSCCC1(c2ccccn2)CCC1)C(=O)O. The number of carboxylic acids is 1. The van der Waals surface area contributed by atoms with Gasteiger partial charge in [-0.15, -0.1) is 0 Å². The van der Waals surface area contributed by atoms with Gasteiger partial charge in [-0.1, -0.05) is 12.5 Å². The van der Waals surface area contributed by atoms with Crippen LogP contribution in [0, 0.1) is 0 Å². The standard InChI is InChI=1S/C15H22N2O2S/c16-12(14(18)19)5-10-20-11-8-15(6-3-7-15)13-4-1-2-9-17-13/h1-2,4,9,12H,3,5-8,10-11,16H2,(H,18,19). The van der Waals surface area contributed by atoms with Crippen LogP contribution in [0.15, 0.2) is 24.4 Å². The summed E-state index contributed by atoms with van der Waals surface area (Å²) in [5, 5.41) is 8.72. The van der Waals surface area contributed by atoms with Crippen LogP contribution in [0.4, 0.5) is 0 Å². The third-order valence-electron chi connectivity index (χ3n) is 4.13. The summed E-state index contributed by atoms with van der Waals surface area (Å²) in [5.74, 6) is 0.948. The fraction of sp³-hybridized carbons (Fsp3) is 0.600. The van der Waals surface area contributed by atoms with Crippen molar-refractivity contribution in [2.24, 2.45) is 5.73 Å². The van der Waals surface area contributed by atoms with Crippen LogP contribution in [0.25, 0.3) is 0 Å². The Kier molecular flexibility index (Phi) is 5.43. The number of nitrogens with two attached hydrogens (primary N) is 1. The van der Waals surface area contributed by atoms with Gasteiger partial charge in [0, 0.05) is 17.3 Å². The maximum Gasteiger partial charge on any atom is 0.320 e. The first kappa shape index (κ1) is 15.3. The highest BCUT2D eigenvalue weighted by Crippen LogP contribution is 2.46. The predicted octanol–water partition coefficient (Wildman–Crippen LogP) is 2.43. The molecule has 110 valence electrons. The molecule has 1 fully saturated rings. The molecule has 0 amide bonds. The number of pyridine rings is 1. The Bertz CT molecular complexity index is 435. The van der Waals surface area contributed by atoms with Gasteiger partial charge in [0.1, 0.15) is 6.04 Å². The first-order valence-electron chi connectivity index (χ1n) is 7.12. The van der Waals surface area contributed by atoms with Crippen LogP contribution >= 0.6 is 11.8 Å². The summed E-state index contributed by atoms with van der Waals surface area (Å²) >= 11 is 1.80. The zero-order valence-electron chi connectivity index (χ0n) is 11.6. The molecule has 1 atom stereocenters. The average molecular weight is 294 g/mol. The second-order valence-electron chi connectivity index (χ2n) is 5.44. The van der Waals surface area contributed by atoms with Crippen molar-refractivity contribution in [3.05, 3.63) is 30.1 Å². The molecule has 0 spiro atoms. The highest BCUT2D eigenvalue weighted by Gasteiger charge is 2.39. The zero-order chi connectivity index (χ0) is 14.4. The van der Waals surface area contributed by atoms with E-state index < -0.39 is 12.0 Å². The fourth-order valence-electron chi connectivity index (χ4n) is 2.62. The lowest BCUT2D eigenvalue weighted by Gasteiger charge is -2.41. The van der Waals surface area contributed by atoms with Crippen LogP contribution in [-0.2, 0) is 10.2 Å². The molecular formula is C15H22N2O2S. The van der Waals surface area contributed by atoms with Crippen molar-refractivity contribution < 1.29 is 9.90 Å². The van der Waals surface area contributed by atoms with Crippen LogP contribution in [0.1, 0.15) is 37.8 Å². The summed E-state index contributed by atoms with van der Waals surface area (Å²) in [6.45, 7) is 0. The molecule has 1 heterocycles. The number of nitrogens with zero attached hydrogens (tertiary/aromatic N) is 1. The Morgan fingerprint density at radius 1 is 1.45 bits per heavy atom. The Morgan fingerprint density at radius 2 is 2.25 bits per heavy atom. The first-order chi connectivity index (χ1) is 9.64. The number of aromatic nitrogens is 1. The molecule has 1 saturated carbocycles. The molecule has 1 aromatic rings. The lowest BCUT2D eigenvalue weighted by atomic mass is 9.65. The monoisotopic (exact) mass is 294 g/mol. The van der Waals surface area contributed by atoms with Crippen molar-refractivity contribution in [2.75, 3.05) is 11.5 Å². The lowest BCUT2D eigenvalue weighted by molar-refractivity contribution is -0.138. The minimum Gasteiger partial charge on any atom is -0.480 e. The zero-order valence-corrected chi connectivity index (χ0v) is 12.4. The van der Waals surface area contributed by atoms with Gasteiger partial charge >= 0.3 is 5.97 Å². The minimum absolute atomic E-state index is 0.267. The second-order valence-corrected chi connectivity index (χ2v) is 6.67. The molecule has 0 aromatic carbocycles. The van der Waals surface area contributed by atoms with Gasteiger partial charge in [0.05, 0.1) is 0 Å². The number of aliphatic carboxylic acids is 1. The van der Waals surface area contributed by atoms with E-state index in [9.17, 15) is 4.79 Å². The summed E-state index contributed by atoms with van der Waals surface area (Å²) in [4.78, 5) is 15.1. The third kappa shape index (κ3) is 3.73. The second kappa shape index (κ2) is 7.09. The molecule has 0 saturated heterocycles. The highest BCUT2D eigenvalue weighted by molar-refractivity contribution is 7.99. The van der Waals surface area contributed by atoms with E-state index in [0.717, 1.165) is 17.9 Å².